The van der Waals surface area contributed by atoms with Crippen molar-refractivity contribution in [2.24, 2.45) is 5.73 Å². The smallest absolute Gasteiger partial charge is 0.312 e. The lowest BCUT2D eigenvalue weighted by Gasteiger charge is -2.29. The fourth-order valence-electron chi connectivity index (χ4n) is 1.43. The van der Waals surface area contributed by atoms with Crippen molar-refractivity contribution >= 4 is 11.9 Å². The van der Waals surface area contributed by atoms with Gasteiger partial charge in [-0.2, -0.15) is 0 Å². The normalized spacial score (nSPS) is 18.8. The van der Waals surface area contributed by atoms with Gasteiger partial charge in [-0.15, -0.1) is 0 Å². The average Bonchev–Trinajstić information content (AvgIpc) is 2.17. The van der Waals surface area contributed by atoms with E-state index >= 15 is 0 Å². The van der Waals surface area contributed by atoms with Crippen molar-refractivity contribution in [2.45, 2.75) is 13.0 Å². The van der Waals surface area contributed by atoms with Crippen LogP contribution in [-0.2, 0) is 4.79 Å². The van der Waals surface area contributed by atoms with Gasteiger partial charge in [-0.25, -0.2) is 4.79 Å². The summed E-state index contributed by atoms with van der Waals surface area (Å²) in [6.07, 6.45) is 0. The predicted molar refractivity (Wildman–Crippen MR) is 51.6 cm³/mol. The highest BCUT2D eigenvalue weighted by molar-refractivity contribution is 5.86. The summed E-state index contributed by atoms with van der Waals surface area (Å²) in [6, 6.07) is -1.20. The lowest BCUT2D eigenvalue weighted by molar-refractivity contribution is -0.133. The third kappa shape index (κ3) is 2.88. The molecule has 1 heterocycles. The zero-order valence-electron chi connectivity index (χ0n) is 8.25. The number of hydrogen-bond donors (Lipinski definition) is 3. The molecule has 80 valence electrons. The summed E-state index contributed by atoms with van der Waals surface area (Å²) in [5.74, 6) is -0.0784. The molecule has 0 aromatic heterocycles. The molecule has 1 aliphatic heterocycles. The van der Waals surface area contributed by atoms with E-state index in [0.717, 1.165) is 13.1 Å². The molecule has 14 heavy (non-hydrogen) atoms. The molecule has 3 amide bonds. The Hall–Kier alpha value is -1.30. The topological polar surface area (TPSA) is 87.5 Å². The van der Waals surface area contributed by atoms with Gasteiger partial charge >= 0.3 is 6.03 Å². The highest BCUT2D eigenvalue weighted by atomic mass is 16.2. The summed E-state index contributed by atoms with van der Waals surface area (Å²) >= 11 is 0. The zero-order chi connectivity index (χ0) is 10.6. The number of piperazine rings is 1. The molecule has 1 atom stereocenters. The van der Waals surface area contributed by atoms with Crippen molar-refractivity contribution in [1.82, 2.24) is 15.5 Å². The van der Waals surface area contributed by atoms with Crippen LogP contribution in [-0.4, -0.2) is 49.1 Å². The number of nitrogens with one attached hydrogen (secondary N) is 2. The van der Waals surface area contributed by atoms with E-state index in [0.29, 0.717) is 13.1 Å². The summed E-state index contributed by atoms with van der Waals surface area (Å²) in [5.41, 5.74) is 4.93. The Bertz CT molecular complexity index is 225. The van der Waals surface area contributed by atoms with Crippen LogP contribution in [0.2, 0.25) is 0 Å². The highest BCUT2D eigenvalue weighted by Gasteiger charge is 2.22. The van der Waals surface area contributed by atoms with Gasteiger partial charge in [0.15, 0.2) is 0 Å². The highest BCUT2D eigenvalue weighted by Crippen LogP contribution is 1.97. The number of urea groups is 1. The molecule has 0 spiro atoms. The van der Waals surface area contributed by atoms with Crippen molar-refractivity contribution in [1.29, 1.82) is 0 Å². The number of carbonyl (C=O) groups is 2. The quantitative estimate of drug-likeness (QED) is 0.505. The van der Waals surface area contributed by atoms with Crippen molar-refractivity contribution in [3.05, 3.63) is 0 Å². The van der Waals surface area contributed by atoms with Gasteiger partial charge in [0, 0.05) is 26.2 Å². The Labute approximate surface area is 82.8 Å². The first-order chi connectivity index (χ1) is 6.61. The summed E-state index contributed by atoms with van der Waals surface area (Å²) in [7, 11) is 0. The van der Waals surface area contributed by atoms with Crippen molar-refractivity contribution in [3.8, 4) is 0 Å². The molecule has 6 heteroatoms. The molecule has 0 saturated carbocycles. The number of carbonyl (C=O) groups excluding carboxylic acids is 2. The van der Waals surface area contributed by atoms with E-state index in [1.807, 2.05) is 0 Å². The molecule has 6 nitrogen and oxygen atoms in total. The van der Waals surface area contributed by atoms with Gasteiger partial charge < -0.3 is 21.3 Å². The number of amides is 3. The predicted octanol–water partition coefficient (Wildman–Crippen LogP) is -1.52. The fourth-order valence-corrected chi connectivity index (χ4v) is 1.43. The van der Waals surface area contributed by atoms with Crippen LogP contribution in [0.3, 0.4) is 0 Å². The van der Waals surface area contributed by atoms with Crippen LogP contribution in [0.15, 0.2) is 0 Å². The van der Waals surface area contributed by atoms with E-state index in [1.54, 1.807) is 11.8 Å². The van der Waals surface area contributed by atoms with Gasteiger partial charge in [-0.05, 0) is 6.92 Å². The molecular formula is C8H16N4O2. The Morgan fingerprint density at radius 1 is 1.43 bits per heavy atom. The second kappa shape index (κ2) is 4.80. The van der Waals surface area contributed by atoms with Crippen LogP contribution in [0.25, 0.3) is 0 Å². The second-order valence-corrected chi connectivity index (χ2v) is 3.31. The monoisotopic (exact) mass is 200 g/mol. The number of nitrogens with two attached hydrogens (primary N) is 1. The lowest BCUT2D eigenvalue weighted by atomic mass is 10.2. The number of primary amides is 1. The molecule has 1 aliphatic rings. The minimum Gasteiger partial charge on any atom is -0.352 e. The molecule has 1 saturated heterocycles. The van der Waals surface area contributed by atoms with Gasteiger partial charge in [0.05, 0.1) is 0 Å². The third-order valence-corrected chi connectivity index (χ3v) is 2.16. The fraction of sp³-hybridized carbons (Fsp3) is 0.750. The van der Waals surface area contributed by atoms with Crippen LogP contribution in [0.1, 0.15) is 6.92 Å². The van der Waals surface area contributed by atoms with Gasteiger partial charge in [0.2, 0.25) is 5.91 Å². The number of hydrogen-bond acceptors (Lipinski definition) is 3. The van der Waals surface area contributed by atoms with Crippen LogP contribution >= 0.6 is 0 Å². The van der Waals surface area contributed by atoms with E-state index in [2.05, 4.69) is 10.6 Å². The first-order valence-electron chi connectivity index (χ1n) is 4.66. The maximum absolute atomic E-state index is 11.7. The first-order valence-corrected chi connectivity index (χ1v) is 4.66. The second-order valence-electron chi connectivity index (χ2n) is 3.31. The van der Waals surface area contributed by atoms with E-state index in [-0.39, 0.29) is 5.91 Å². The van der Waals surface area contributed by atoms with Crippen LogP contribution in [0, 0.1) is 0 Å². The Morgan fingerprint density at radius 2 is 2.00 bits per heavy atom. The third-order valence-electron chi connectivity index (χ3n) is 2.16. The van der Waals surface area contributed by atoms with Crippen molar-refractivity contribution in [2.75, 3.05) is 26.2 Å². The average molecular weight is 200 g/mol. The Kier molecular flexibility index (Phi) is 3.70. The molecule has 0 aliphatic carbocycles. The van der Waals surface area contributed by atoms with E-state index < -0.39 is 12.1 Å². The summed E-state index contributed by atoms with van der Waals surface area (Å²) in [6.45, 7) is 4.60. The SMILES string of the molecule is C[C@H](NC(N)=O)C(=O)N1CCNCC1. The van der Waals surface area contributed by atoms with Gasteiger partial charge in [-0.3, -0.25) is 4.79 Å². The first kappa shape index (κ1) is 10.8. The van der Waals surface area contributed by atoms with Gasteiger partial charge in [-0.1, -0.05) is 0 Å². The van der Waals surface area contributed by atoms with Crippen LogP contribution < -0.4 is 16.4 Å². The van der Waals surface area contributed by atoms with Crippen LogP contribution in [0.5, 0.6) is 0 Å². The lowest BCUT2D eigenvalue weighted by Crippen LogP contribution is -2.53. The Balaban J connectivity index is 2.42. The largest absolute Gasteiger partial charge is 0.352 e. The standard InChI is InChI=1S/C8H16N4O2/c1-6(11-8(9)14)7(13)12-4-2-10-3-5-12/h6,10H,2-5H2,1H3,(H3,9,11,14)/t6-/m0/s1. The van der Waals surface area contributed by atoms with Gasteiger partial charge in [0.25, 0.3) is 0 Å². The van der Waals surface area contributed by atoms with Crippen molar-refractivity contribution < 1.29 is 9.59 Å². The molecule has 1 rings (SSSR count). The van der Waals surface area contributed by atoms with E-state index in [4.69, 9.17) is 5.73 Å². The molecule has 0 radical (unpaired) electrons. The number of rotatable bonds is 2. The maximum Gasteiger partial charge on any atom is 0.312 e. The molecule has 0 bridgehead atoms. The van der Waals surface area contributed by atoms with E-state index in [1.165, 1.54) is 0 Å². The molecule has 0 aromatic carbocycles. The minimum atomic E-state index is -0.666. The molecular weight excluding hydrogens is 184 g/mol. The van der Waals surface area contributed by atoms with Gasteiger partial charge in [0.1, 0.15) is 6.04 Å². The minimum absolute atomic E-state index is 0.0784. The zero-order valence-corrected chi connectivity index (χ0v) is 8.25. The summed E-state index contributed by atoms with van der Waals surface area (Å²) in [4.78, 5) is 23.9. The number of nitrogens with zero attached hydrogens (tertiary/aromatic N) is 1. The molecule has 4 N–H and O–H groups in total. The molecule has 0 unspecified atom stereocenters. The maximum atomic E-state index is 11.7. The Morgan fingerprint density at radius 3 is 2.50 bits per heavy atom. The summed E-state index contributed by atoms with van der Waals surface area (Å²) in [5, 5.41) is 5.51. The van der Waals surface area contributed by atoms with E-state index in [9.17, 15) is 9.59 Å². The molecule has 0 aromatic rings. The van der Waals surface area contributed by atoms with Crippen LogP contribution in [0.4, 0.5) is 4.79 Å². The van der Waals surface area contributed by atoms with Crippen molar-refractivity contribution in [3.63, 3.8) is 0 Å². The molecule has 1 fully saturated rings. The summed E-state index contributed by atoms with van der Waals surface area (Å²) < 4.78 is 0.